The van der Waals surface area contributed by atoms with Crippen molar-refractivity contribution >= 4 is 11.7 Å². The van der Waals surface area contributed by atoms with Gasteiger partial charge in [-0.05, 0) is 44.0 Å². The first kappa shape index (κ1) is 14.8. The van der Waals surface area contributed by atoms with Crippen molar-refractivity contribution < 1.29 is 4.79 Å². The highest BCUT2D eigenvalue weighted by Crippen LogP contribution is 2.05. The maximum Gasteiger partial charge on any atom is 0.242 e. The number of rotatable bonds is 2. The van der Waals surface area contributed by atoms with Gasteiger partial charge in [0.25, 0.3) is 0 Å². The van der Waals surface area contributed by atoms with Gasteiger partial charge in [0.2, 0.25) is 5.91 Å². The van der Waals surface area contributed by atoms with E-state index in [1.54, 1.807) is 25.1 Å². The lowest BCUT2D eigenvalue weighted by Crippen LogP contribution is -2.32. The molecule has 0 spiro atoms. The van der Waals surface area contributed by atoms with Gasteiger partial charge in [-0.15, -0.1) is 0 Å². The van der Waals surface area contributed by atoms with Crippen molar-refractivity contribution in [2.45, 2.75) is 19.9 Å². The number of anilines is 1. The lowest BCUT2D eigenvalue weighted by Gasteiger charge is -2.06. The molecule has 0 aliphatic heterocycles. The third kappa shape index (κ3) is 4.44. The summed E-state index contributed by atoms with van der Waals surface area (Å²) in [6, 6.07) is 12.7. The number of hydrogen-bond donors (Lipinski definition) is 2. The van der Waals surface area contributed by atoms with Crippen LogP contribution in [-0.4, -0.2) is 16.9 Å². The van der Waals surface area contributed by atoms with Crippen LogP contribution in [-0.2, 0) is 4.79 Å². The smallest absolute Gasteiger partial charge is 0.242 e. The molecule has 0 saturated carbocycles. The highest BCUT2D eigenvalue weighted by atomic mass is 16.2. The highest BCUT2D eigenvalue weighted by Gasteiger charge is 2.07. The first-order valence-electron chi connectivity index (χ1n) is 6.67. The van der Waals surface area contributed by atoms with Crippen molar-refractivity contribution in [3.8, 4) is 11.8 Å². The summed E-state index contributed by atoms with van der Waals surface area (Å²) in [7, 11) is 0. The second kappa shape index (κ2) is 6.69. The average molecular weight is 279 g/mol. The van der Waals surface area contributed by atoms with E-state index in [2.05, 4.69) is 22.1 Å². The molecule has 1 unspecified atom stereocenters. The highest BCUT2D eigenvalue weighted by molar-refractivity contribution is 5.93. The van der Waals surface area contributed by atoms with Crippen molar-refractivity contribution in [3.63, 3.8) is 0 Å². The van der Waals surface area contributed by atoms with E-state index in [0.29, 0.717) is 11.5 Å². The van der Waals surface area contributed by atoms with Crippen LogP contribution in [0.1, 0.15) is 23.7 Å². The maximum atomic E-state index is 11.5. The fraction of sp³-hybridized carbons (Fsp3) is 0.176. The molecule has 1 atom stereocenters. The molecule has 1 amide bonds. The minimum absolute atomic E-state index is 0.272. The summed E-state index contributed by atoms with van der Waals surface area (Å²) in [6.07, 6.45) is 0. The predicted molar refractivity (Wildman–Crippen MR) is 83.7 cm³/mol. The van der Waals surface area contributed by atoms with Gasteiger partial charge in [0.1, 0.15) is 11.5 Å². The van der Waals surface area contributed by atoms with Crippen LogP contribution in [0.25, 0.3) is 0 Å². The average Bonchev–Trinajstić information content (AvgIpc) is 2.47. The largest absolute Gasteiger partial charge is 0.320 e. The van der Waals surface area contributed by atoms with Crippen molar-refractivity contribution in [1.82, 2.24) is 4.98 Å². The Bertz CT molecular complexity index is 694. The maximum absolute atomic E-state index is 11.5. The number of hydrogen-bond acceptors (Lipinski definition) is 3. The van der Waals surface area contributed by atoms with Crippen LogP contribution in [0.3, 0.4) is 0 Å². The molecule has 2 aromatic rings. The van der Waals surface area contributed by atoms with E-state index in [9.17, 15) is 4.79 Å². The summed E-state index contributed by atoms with van der Waals surface area (Å²) in [5.74, 6) is 6.20. The topological polar surface area (TPSA) is 68.0 Å². The molecular formula is C17H17N3O. The van der Waals surface area contributed by atoms with Gasteiger partial charge in [-0.25, -0.2) is 4.98 Å². The fourth-order valence-corrected chi connectivity index (χ4v) is 1.59. The third-order valence-corrected chi connectivity index (χ3v) is 2.80. The molecule has 3 N–H and O–H groups in total. The molecule has 4 nitrogen and oxygen atoms in total. The van der Waals surface area contributed by atoms with Crippen LogP contribution in [0.15, 0.2) is 42.5 Å². The minimum Gasteiger partial charge on any atom is -0.320 e. The Hall–Kier alpha value is -2.64. The molecule has 0 saturated heterocycles. The molecule has 0 radical (unpaired) electrons. The molecule has 0 aliphatic rings. The zero-order chi connectivity index (χ0) is 15.2. The number of pyridine rings is 1. The zero-order valence-electron chi connectivity index (χ0n) is 12.1. The Morgan fingerprint density at radius 3 is 2.57 bits per heavy atom. The van der Waals surface area contributed by atoms with Crippen LogP contribution in [0.2, 0.25) is 0 Å². The van der Waals surface area contributed by atoms with Crippen LogP contribution < -0.4 is 11.1 Å². The van der Waals surface area contributed by atoms with Crippen LogP contribution in [0.5, 0.6) is 0 Å². The lowest BCUT2D eigenvalue weighted by molar-refractivity contribution is -0.117. The molecule has 0 aliphatic carbocycles. The van der Waals surface area contributed by atoms with Gasteiger partial charge in [0, 0.05) is 5.56 Å². The molecular weight excluding hydrogens is 262 g/mol. The van der Waals surface area contributed by atoms with Gasteiger partial charge in [-0.1, -0.05) is 29.7 Å². The number of nitrogens with zero attached hydrogens (tertiary/aromatic N) is 1. The lowest BCUT2D eigenvalue weighted by atomic mass is 10.1. The second-order valence-electron chi connectivity index (χ2n) is 4.80. The monoisotopic (exact) mass is 279 g/mol. The molecule has 1 aromatic carbocycles. The van der Waals surface area contributed by atoms with E-state index >= 15 is 0 Å². The third-order valence-electron chi connectivity index (χ3n) is 2.80. The Labute approximate surface area is 124 Å². The van der Waals surface area contributed by atoms with E-state index in [-0.39, 0.29) is 5.91 Å². The van der Waals surface area contributed by atoms with Crippen molar-refractivity contribution in [2.75, 3.05) is 5.32 Å². The Morgan fingerprint density at radius 2 is 1.90 bits per heavy atom. The van der Waals surface area contributed by atoms with E-state index in [1.165, 1.54) is 5.56 Å². The molecule has 0 fully saturated rings. The van der Waals surface area contributed by atoms with E-state index in [4.69, 9.17) is 5.73 Å². The summed E-state index contributed by atoms with van der Waals surface area (Å²) in [4.78, 5) is 15.8. The van der Waals surface area contributed by atoms with E-state index in [1.807, 2.05) is 31.2 Å². The van der Waals surface area contributed by atoms with Crippen molar-refractivity contribution in [2.24, 2.45) is 5.73 Å². The Kier molecular flexibility index (Phi) is 4.70. The van der Waals surface area contributed by atoms with E-state index in [0.717, 1.165) is 5.56 Å². The minimum atomic E-state index is -0.575. The first-order chi connectivity index (χ1) is 10.0. The summed E-state index contributed by atoms with van der Waals surface area (Å²) in [5.41, 5.74) is 8.21. The Morgan fingerprint density at radius 1 is 1.19 bits per heavy atom. The summed E-state index contributed by atoms with van der Waals surface area (Å²) in [6.45, 7) is 3.65. The molecule has 1 heterocycles. The quantitative estimate of drug-likeness (QED) is 0.827. The van der Waals surface area contributed by atoms with Crippen LogP contribution in [0.4, 0.5) is 5.82 Å². The van der Waals surface area contributed by atoms with Gasteiger partial charge < -0.3 is 11.1 Å². The number of carbonyl (C=O) groups is 1. The molecule has 2 rings (SSSR count). The number of aromatic nitrogens is 1. The summed E-state index contributed by atoms with van der Waals surface area (Å²) >= 11 is 0. The number of nitrogens with two attached hydrogens (primary N) is 1. The molecule has 0 bridgehead atoms. The molecule has 106 valence electrons. The number of benzene rings is 1. The normalized spacial score (nSPS) is 11.2. The van der Waals surface area contributed by atoms with Crippen LogP contribution in [0, 0.1) is 18.8 Å². The number of nitrogens with one attached hydrogen (secondary N) is 1. The van der Waals surface area contributed by atoms with Crippen molar-refractivity contribution in [3.05, 3.63) is 59.3 Å². The summed E-state index contributed by atoms with van der Waals surface area (Å²) in [5, 5.41) is 2.64. The fourth-order valence-electron chi connectivity index (χ4n) is 1.59. The van der Waals surface area contributed by atoms with Gasteiger partial charge in [-0.3, -0.25) is 4.79 Å². The number of aryl methyl sites for hydroxylation is 1. The van der Waals surface area contributed by atoms with E-state index < -0.39 is 6.04 Å². The Balaban J connectivity index is 2.15. The molecule has 1 aromatic heterocycles. The van der Waals surface area contributed by atoms with Crippen molar-refractivity contribution in [1.29, 1.82) is 0 Å². The van der Waals surface area contributed by atoms with Gasteiger partial charge in [-0.2, -0.15) is 0 Å². The van der Waals surface area contributed by atoms with Gasteiger partial charge >= 0.3 is 0 Å². The SMILES string of the molecule is Cc1ccc(C#Cc2cccc(NC(=O)C(C)N)n2)cc1. The number of carbonyl (C=O) groups excluding carboxylic acids is 1. The number of amides is 1. The van der Waals surface area contributed by atoms with Gasteiger partial charge in [0.15, 0.2) is 0 Å². The standard InChI is InChI=1S/C17H17N3O/c1-12-6-8-14(9-7-12)10-11-15-4-3-5-16(19-15)20-17(21)13(2)18/h3-9,13H,18H2,1-2H3,(H,19,20,21). The van der Waals surface area contributed by atoms with Gasteiger partial charge in [0.05, 0.1) is 6.04 Å². The molecule has 21 heavy (non-hydrogen) atoms. The van der Waals surface area contributed by atoms with Crippen LogP contribution >= 0.6 is 0 Å². The summed E-state index contributed by atoms with van der Waals surface area (Å²) < 4.78 is 0. The first-order valence-corrected chi connectivity index (χ1v) is 6.67. The molecule has 4 heteroatoms. The predicted octanol–water partition coefficient (Wildman–Crippen LogP) is 2.08. The second-order valence-corrected chi connectivity index (χ2v) is 4.80. The zero-order valence-corrected chi connectivity index (χ0v) is 12.1.